The smallest absolute Gasteiger partial charge is 0.303 e. The summed E-state index contributed by atoms with van der Waals surface area (Å²) in [4.78, 5) is 26.0. The molecule has 7 heteroatoms. The maximum absolute atomic E-state index is 11.6. The number of carbonyl (C=O) groups excluding carboxylic acids is 1. The van der Waals surface area contributed by atoms with Gasteiger partial charge in [0.2, 0.25) is 5.82 Å². The molecule has 0 atom stereocenters. The van der Waals surface area contributed by atoms with Crippen LogP contribution in [-0.2, 0) is 10.2 Å². The van der Waals surface area contributed by atoms with E-state index in [9.17, 15) is 9.59 Å². The van der Waals surface area contributed by atoms with Crippen molar-refractivity contribution in [3.8, 4) is 0 Å². The molecule has 0 bridgehead atoms. The Morgan fingerprint density at radius 1 is 1.39 bits per heavy atom. The van der Waals surface area contributed by atoms with Crippen LogP contribution in [0.1, 0.15) is 50.1 Å². The number of rotatable bonds is 5. The first-order valence-corrected chi connectivity index (χ1v) is 5.73. The van der Waals surface area contributed by atoms with E-state index in [0.717, 1.165) is 0 Å². The van der Waals surface area contributed by atoms with Crippen LogP contribution >= 0.6 is 0 Å². The second-order valence-corrected chi connectivity index (χ2v) is 5.01. The molecule has 100 valence electrons. The predicted molar refractivity (Wildman–Crippen MR) is 64.3 cm³/mol. The minimum Gasteiger partial charge on any atom is -0.481 e. The molecular weight excluding hydrogens is 236 g/mol. The van der Waals surface area contributed by atoms with Crippen LogP contribution in [0.5, 0.6) is 0 Å². The lowest BCUT2D eigenvalue weighted by Gasteiger charge is -2.12. The van der Waals surface area contributed by atoms with E-state index in [1.165, 1.54) is 0 Å². The number of carboxylic acid groups (broad SMARTS) is 1. The van der Waals surface area contributed by atoms with Gasteiger partial charge >= 0.3 is 5.97 Å². The molecule has 7 nitrogen and oxygen atoms in total. The number of hydrogen-bond acceptors (Lipinski definition) is 4. The van der Waals surface area contributed by atoms with E-state index >= 15 is 0 Å². The zero-order valence-electron chi connectivity index (χ0n) is 10.8. The Hall–Kier alpha value is -1.92. The van der Waals surface area contributed by atoms with Crippen molar-refractivity contribution in [2.75, 3.05) is 6.54 Å². The fourth-order valence-electron chi connectivity index (χ4n) is 1.22. The molecule has 0 spiro atoms. The Morgan fingerprint density at radius 2 is 2.06 bits per heavy atom. The molecule has 1 amide bonds. The van der Waals surface area contributed by atoms with Gasteiger partial charge in [0.25, 0.3) is 5.91 Å². The molecule has 0 aliphatic carbocycles. The van der Waals surface area contributed by atoms with E-state index in [2.05, 4.69) is 20.5 Å². The zero-order chi connectivity index (χ0) is 13.8. The molecular formula is C11H18N4O3. The van der Waals surface area contributed by atoms with E-state index in [1.54, 1.807) is 0 Å². The van der Waals surface area contributed by atoms with Crippen LogP contribution in [0.15, 0.2) is 0 Å². The number of nitrogens with zero attached hydrogens (tertiary/aromatic N) is 2. The molecule has 0 saturated heterocycles. The number of H-pyrrole nitrogens is 1. The fourth-order valence-corrected chi connectivity index (χ4v) is 1.22. The van der Waals surface area contributed by atoms with Gasteiger partial charge in [-0.1, -0.05) is 20.8 Å². The Morgan fingerprint density at radius 3 is 2.56 bits per heavy atom. The van der Waals surface area contributed by atoms with Gasteiger partial charge in [-0.25, -0.2) is 4.98 Å². The molecule has 0 saturated carbocycles. The van der Waals surface area contributed by atoms with Gasteiger partial charge < -0.3 is 10.4 Å². The van der Waals surface area contributed by atoms with Crippen molar-refractivity contribution in [1.29, 1.82) is 0 Å². The van der Waals surface area contributed by atoms with Crippen LogP contribution < -0.4 is 5.32 Å². The van der Waals surface area contributed by atoms with E-state index in [-0.39, 0.29) is 17.7 Å². The monoisotopic (exact) mass is 254 g/mol. The summed E-state index contributed by atoms with van der Waals surface area (Å²) < 4.78 is 0. The van der Waals surface area contributed by atoms with Crippen molar-refractivity contribution in [2.24, 2.45) is 0 Å². The van der Waals surface area contributed by atoms with Gasteiger partial charge in [0.05, 0.1) is 0 Å². The van der Waals surface area contributed by atoms with Gasteiger partial charge in [-0.2, -0.15) is 0 Å². The molecule has 0 unspecified atom stereocenters. The second-order valence-electron chi connectivity index (χ2n) is 5.01. The number of amides is 1. The number of carboxylic acids is 1. The summed E-state index contributed by atoms with van der Waals surface area (Å²) in [5.41, 5.74) is -0.200. The molecule has 0 aliphatic rings. The van der Waals surface area contributed by atoms with Crippen LogP contribution in [0.4, 0.5) is 0 Å². The summed E-state index contributed by atoms with van der Waals surface area (Å²) in [7, 11) is 0. The van der Waals surface area contributed by atoms with Gasteiger partial charge in [0.1, 0.15) is 5.82 Å². The van der Waals surface area contributed by atoms with Crippen molar-refractivity contribution in [2.45, 2.75) is 39.0 Å². The van der Waals surface area contributed by atoms with Crippen LogP contribution in [0.25, 0.3) is 0 Å². The first kappa shape index (κ1) is 14.1. The number of nitrogens with one attached hydrogen (secondary N) is 2. The van der Waals surface area contributed by atoms with E-state index in [1.807, 2.05) is 20.8 Å². The van der Waals surface area contributed by atoms with Crippen molar-refractivity contribution in [3.63, 3.8) is 0 Å². The Kier molecular flexibility index (Phi) is 4.41. The van der Waals surface area contributed by atoms with E-state index in [4.69, 9.17) is 5.11 Å². The molecule has 1 aromatic heterocycles. The lowest BCUT2D eigenvalue weighted by Crippen LogP contribution is -2.26. The fraction of sp³-hybridized carbons (Fsp3) is 0.636. The SMILES string of the molecule is CC(C)(C)c1nc(C(=O)NCCCC(=O)O)n[nH]1. The predicted octanol–water partition coefficient (Wildman–Crippen LogP) is 0.697. The number of aliphatic carboxylic acids is 1. The maximum atomic E-state index is 11.6. The van der Waals surface area contributed by atoms with Gasteiger partial charge in [-0.05, 0) is 6.42 Å². The van der Waals surface area contributed by atoms with E-state index < -0.39 is 11.9 Å². The molecule has 1 aromatic rings. The highest BCUT2D eigenvalue weighted by Gasteiger charge is 2.20. The molecule has 0 radical (unpaired) electrons. The first-order valence-electron chi connectivity index (χ1n) is 5.73. The molecule has 0 fully saturated rings. The van der Waals surface area contributed by atoms with Crippen LogP contribution in [0, 0.1) is 0 Å². The van der Waals surface area contributed by atoms with Crippen molar-refractivity contribution in [3.05, 3.63) is 11.6 Å². The molecule has 3 N–H and O–H groups in total. The summed E-state index contributed by atoms with van der Waals surface area (Å²) in [5.74, 6) is -0.558. The lowest BCUT2D eigenvalue weighted by molar-refractivity contribution is -0.137. The Labute approximate surface area is 105 Å². The van der Waals surface area contributed by atoms with Crippen molar-refractivity contribution >= 4 is 11.9 Å². The molecule has 0 aromatic carbocycles. The van der Waals surface area contributed by atoms with E-state index in [0.29, 0.717) is 18.8 Å². The van der Waals surface area contributed by atoms with Crippen molar-refractivity contribution in [1.82, 2.24) is 20.5 Å². The highest BCUT2D eigenvalue weighted by Crippen LogP contribution is 2.17. The van der Waals surface area contributed by atoms with Gasteiger partial charge in [0.15, 0.2) is 0 Å². The van der Waals surface area contributed by atoms with Gasteiger partial charge in [-0.3, -0.25) is 14.7 Å². The van der Waals surface area contributed by atoms with Crippen LogP contribution in [0.3, 0.4) is 0 Å². The summed E-state index contributed by atoms with van der Waals surface area (Å²) in [5, 5.41) is 17.6. The average Bonchev–Trinajstić information content (AvgIpc) is 2.72. The third-order valence-corrected chi connectivity index (χ3v) is 2.25. The van der Waals surface area contributed by atoms with Crippen molar-refractivity contribution < 1.29 is 14.7 Å². The minimum atomic E-state index is -0.878. The van der Waals surface area contributed by atoms with Crippen LogP contribution in [0.2, 0.25) is 0 Å². The summed E-state index contributed by atoms with van der Waals surface area (Å²) in [6.45, 7) is 6.18. The summed E-state index contributed by atoms with van der Waals surface area (Å²) in [6, 6.07) is 0. The molecule has 1 rings (SSSR count). The first-order chi connectivity index (χ1) is 8.30. The standard InChI is InChI=1S/C11H18N4O3/c1-11(2,3)10-13-8(14-15-10)9(18)12-6-4-5-7(16)17/h4-6H2,1-3H3,(H,12,18)(H,16,17)(H,13,14,15). The third-order valence-electron chi connectivity index (χ3n) is 2.25. The number of aromatic amines is 1. The maximum Gasteiger partial charge on any atom is 0.303 e. The normalized spacial score (nSPS) is 11.3. The lowest BCUT2D eigenvalue weighted by atomic mass is 9.96. The highest BCUT2D eigenvalue weighted by atomic mass is 16.4. The quantitative estimate of drug-likeness (QED) is 0.670. The molecule has 1 heterocycles. The Bertz CT molecular complexity index is 434. The minimum absolute atomic E-state index is 0.0293. The second kappa shape index (κ2) is 5.61. The largest absolute Gasteiger partial charge is 0.481 e. The highest BCUT2D eigenvalue weighted by molar-refractivity contribution is 5.90. The number of carbonyl (C=O) groups is 2. The van der Waals surface area contributed by atoms with Crippen LogP contribution in [-0.4, -0.2) is 38.7 Å². The molecule has 0 aliphatic heterocycles. The summed E-state index contributed by atoms with van der Waals surface area (Å²) in [6.07, 6.45) is 0.416. The Balaban J connectivity index is 2.47. The number of hydrogen-bond donors (Lipinski definition) is 3. The topological polar surface area (TPSA) is 108 Å². The third kappa shape index (κ3) is 4.15. The molecule has 18 heavy (non-hydrogen) atoms. The summed E-state index contributed by atoms with van der Waals surface area (Å²) >= 11 is 0. The van der Waals surface area contributed by atoms with Gasteiger partial charge in [0, 0.05) is 18.4 Å². The zero-order valence-corrected chi connectivity index (χ0v) is 10.8. The average molecular weight is 254 g/mol. The number of aromatic nitrogens is 3. The van der Waals surface area contributed by atoms with Gasteiger partial charge in [-0.15, -0.1) is 5.10 Å².